The summed E-state index contributed by atoms with van der Waals surface area (Å²) in [6.45, 7) is 4.02. The van der Waals surface area contributed by atoms with E-state index in [2.05, 4.69) is 71.9 Å². The summed E-state index contributed by atoms with van der Waals surface area (Å²) >= 11 is 0. The fraction of sp³-hybridized carbons (Fsp3) is 0.525. The Morgan fingerprint density at radius 3 is 2.51 bits per heavy atom. The van der Waals surface area contributed by atoms with Crippen LogP contribution in [-0.4, -0.2) is 93.3 Å². The Morgan fingerprint density at radius 2 is 1.80 bits per heavy atom. The Labute approximate surface area is 301 Å². The Bertz CT molecular complexity index is 1630. The zero-order valence-corrected chi connectivity index (χ0v) is 30.1. The molecule has 2 fully saturated rings. The summed E-state index contributed by atoms with van der Waals surface area (Å²) in [6, 6.07) is 16.9. The Balaban J connectivity index is 1.19. The maximum absolute atomic E-state index is 13.2. The van der Waals surface area contributed by atoms with Crippen LogP contribution in [0.15, 0.2) is 60.9 Å². The van der Waals surface area contributed by atoms with Crippen LogP contribution in [0.5, 0.6) is 5.75 Å². The average molecular weight is 703 g/mol. The van der Waals surface area contributed by atoms with Gasteiger partial charge in [0.1, 0.15) is 11.9 Å². The van der Waals surface area contributed by atoms with Crippen LogP contribution in [0, 0.1) is 6.92 Å². The van der Waals surface area contributed by atoms with Crippen LogP contribution in [0.25, 0.3) is 11.1 Å². The number of hydrogen-bond donors (Lipinski definition) is 6. The molecule has 6 N–H and O–H groups in total. The number of aromatic nitrogens is 1. The van der Waals surface area contributed by atoms with Crippen molar-refractivity contribution in [3.63, 3.8) is 0 Å². The van der Waals surface area contributed by atoms with E-state index in [1.54, 1.807) is 0 Å². The minimum atomic E-state index is -1.56. The summed E-state index contributed by atoms with van der Waals surface area (Å²) < 4.78 is 6.28. The standard InChI is InChI=1S/C40H54N4O7/c1-26(7-6-10-38(49)44(25-37(48)41-3)24-35(47)39(50)34(46)16-20-45)28-12-11-27(2)29(21-28)22-43-40(17-18-40)33-23-42-19-15-31(33)32-8-4-5-9-36(32)51-30-13-14-30/h4-5,8-9,11-12,15,19,21,23,26,30,34-35,39,43,45-47,50H,6-7,10,13-14,16-18,20,22,24-25H2,1-3H3,(H,41,48). The van der Waals surface area contributed by atoms with E-state index in [9.17, 15) is 24.9 Å². The highest BCUT2D eigenvalue weighted by Crippen LogP contribution is 2.50. The summed E-state index contributed by atoms with van der Waals surface area (Å²) in [5, 5.41) is 46.1. The van der Waals surface area contributed by atoms with Gasteiger partial charge in [0, 0.05) is 56.7 Å². The number of amides is 2. The molecule has 2 amide bonds. The smallest absolute Gasteiger partial charge is 0.239 e. The second-order valence-electron chi connectivity index (χ2n) is 14.2. The highest BCUT2D eigenvalue weighted by molar-refractivity contribution is 5.84. The van der Waals surface area contributed by atoms with E-state index >= 15 is 0 Å². The third-order valence-electron chi connectivity index (χ3n) is 10.3. The molecule has 0 aliphatic heterocycles. The molecule has 0 saturated heterocycles. The Morgan fingerprint density at radius 1 is 1.04 bits per heavy atom. The molecule has 2 aliphatic rings. The van der Waals surface area contributed by atoms with Crippen molar-refractivity contribution in [2.24, 2.45) is 0 Å². The number of nitrogens with one attached hydrogen (secondary N) is 2. The lowest BCUT2D eigenvalue weighted by molar-refractivity contribution is -0.140. The first-order valence-electron chi connectivity index (χ1n) is 18.2. The predicted octanol–water partition coefficient (Wildman–Crippen LogP) is 3.69. The molecule has 51 heavy (non-hydrogen) atoms. The number of carbonyl (C=O) groups excluding carboxylic acids is 2. The van der Waals surface area contributed by atoms with Gasteiger partial charge in [0.15, 0.2) is 0 Å². The van der Waals surface area contributed by atoms with Crippen molar-refractivity contribution in [2.45, 2.75) is 108 Å². The third-order valence-corrected chi connectivity index (χ3v) is 10.3. The van der Waals surface area contributed by atoms with Gasteiger partial charge in [-0.3, -0.25) is 14.6 Å². The van der Waals surface area contributed by atoms with Crippen molar-refractivity contribution in [3.05, 3.63) is 83.2 Å². The lowest BCUT2D eigenvalue weighted by atomic mass is 9.91. The van der Waals surface area contributed by atoms with Crippen molar-refractivity contribution in [2.75, 3.05) is 26.7 Å². The second kappa shape index (κ2) is 17.6. The van der Waals surface area contributed by atoms with Crippen molar-refractivity contribution < 1.29 is 34.8 Å². The molecule has 1 heterocycles. The van der Waals surface area contributed by atoms with Crippen molar-refractivity contribution in [1.82, 2.24) is 20.5 Å². The van der Waals surface area contributed by atoms with E-state index in [4.69, 9.17) is 9.84 Å². The normalized spacial score (nSPS) is 17.2. The van der Waals surface area contributed by atoms with E-state index in [1.807, 2.05) is 18.5 Å². The van der Waals surface area contributed by atoms with Crippen LogP contribution >= 0.6 is 0 Å². The number of para-hydroxylation sites is 1. The summed E-state index contributed by atoms with van der Waals surface area (Å²) in [4.78, 5) is 31.0. The minimum Gasteiger partial charge on any atom is -0.490 e. The number of hydrogen-bond acceptors (Lipinski definition) is 9. The molecule has 0 bridgehead atoms. The SMILES string of the molecule is CNC(=O)CN(CC(O)C(O)C(O)CCO)C(=O)CCCC(C)c1ccc(C)c(CNC2(c3cnccc3-c3ccccc3OC3CC3)CC2)c1. The van der Waals surface area contributed by atoms with Crippen molar-refractivity contribution in [1.29, 1.82) is 0 Å². The third kappa shape index (κ3) is 10.1. The fourth-order valence-electron chi connectivity index (χ4n) is 6.57. The Hall–Kier alpha value is -3.87. The molecular formula is C40H54N4O7. The molecule has 2 aromatic carbocycles. The zero-order valence-electron chi connectivity index (χ0n) is 30.1. The first-order chi connectivity index (χ1) is 24.5. The number of pyridine rings is 1. The number of carbonyl (C=O) groups is 2. The van der Waals surface area contributed by atoms with Crippen LogP contribution in [0.2, 0.25) is 0 Å². The molecular weight excluding hydrogens is 648 g/mol. The molecule has 4 unspecified atom stereocenters. The van der Waals surface area contributed by atoms with Gasteiger partial charge in [0.05, 0.1) is 24.9 Å². The van der Waals surface area contributed by atoms with E-state index in [-0.39, 0.29) is 49.9 Å². The maximum atomic E-state index is 13.2. The van der Waals surface area contributed by atoms with E-state index in [0.717, 1.165) is 49.0 Å². The minimum absolute atomic E-state index is 0.117. The van der Waals surface area contributed by atoms with E-state index in [1.165, 1.54) is 34.2 Å². The summed E-state index contributed by atoms with van der Waals surface area (Å²) in [5.74, 6) is 0.365. The van der Waals surface area contributed by atoms with Crippen LogP contribution in [0.1, 0.15) is 86.5 Å². The quantitative estimate of drug-likeness (QED) is 0.103. The number of aliphatic hydroxyl groups is 4. The van der Waals surface area contributed by atoms with Gasteiger partial charge >= 0.3 is 0 Å². The highest BCUT2D eigenvalue weighted by atomic mass is 16.5. The highest BCUT2D eigenvalue weighted by Gasteiger charge is 2.46. The van der Waals surface area contributed by atoms with Crippen molar-refractivity contribution in [3.8, 4) is 16.9 Å². The first kappa shape index (κ1) is 38.4. The molecule has 0 spiro atoms. The molecule has 5 rings (SSSR count). The van der Waals surface area contributed by atoms with Gasteiger partial charge in [-0.15, -0.1) is 0 Å². The molecule has 0 radical (unpaired) electrons. The van der Waals surface area contributed by atoms with Crippen molar-refractivity contribution >= 4 is 11.8 Å². The maximum Gasteiger partial charge on any atom is 0.239 e. The number of aryl methyl sites for hydroxylation is 1. The number of ether oxygens (including phenoxy) is 1. The van der Waals surface area contributed by atoms with Crippen LogP contribution in [-0.2, 0) is 21.7 Å². The molecule has 2 saturated carbocycles. The van der Waals surface area contributed by atoms with Crippen LogP contribution in [0.4, 0.5) is 0 Å². The van der Waals surface area contributed by atoms with Gasteiger partial charge in [-0.1, -0.05) is 43.3 Å². The van der Waals surface area contributed by atoms with Gasteiger partial charge in [-0.2, -0.15) is 0 Å². The largest absolute Gasteiger partial charge is 0.490 e. The molecule has 1 aromatic heterocycles. The second-order valence-corrected chi connectivity index (χ2v) is 14.2. The van der Waals surface area contributed by atoms with Gasteiger partial charge in [-0.05, 0) is 97.7 Å². The number of aliphatic hydroxyl groups excluding tert-OH is 4. The molecule has 11 heteroatoms. The molecule has 11 nitrogen and oxygen atoms in total. The summed E-state index contributed by atoms with van der Waals surface area (Å²) in [6.07, 6.45) is 5.37. The van der Waals surface area contributed by atoms with Gasteiger partial charge in [0.25, 0.3) is 0 Å². The van der Waals surface area contributed by atoms with Crippen LogP contribution < -0.4 is 15.4 Å². The lowest BCUT2D eigenvalue weighted by Gasteiger charge is -2.29. The molecule has 276 valence electrons. The molecule has 3 aromatic rings. The molecule has 4 atom stereocenters. The average Bonchev–Trinajstić information content (AvgIpc) is 4.08. The topological polar surface area (TPSA) is 164 Å². The summed E-state index contributed by atoms with van der Waals surface area (Å²) in [5.41, 5.74) is 6.89. The summed E-state index contributed by atoms with van der Waals surface area (Å²) in [7, 11) is 1.46. The number of benzene rings is 2. The lowest BCUT2D eigenvalue weighted by Crippen LogP contribution is -2.49. The number of likely N-dealkylation sites (N-methyl/N-ethyl adjacent to an activating group) is 1. The Kier molecular flexibility index (Phi) is 13.2. The predicted molar refractivity (Wildman–Crippen MR) is 195 cm³/mol. The first-order valence-corrected chi connectivity index (χ1v) is 18.2. The number of rotatable bonds is 20. The number of nitrogens with zero attached hydrogens (tertiary/aromatic N) is 2. The van der Waals surface area contributed by atoms with E-state index < -0.39 is 24.2 Å². The van der Waals surface area contributed by atoms with Gasteiger partial charge < -0.3 is 40.7 Å². The van der Waals surface area contributed by atoms with Gasteiger partial charge in [-0.25, -0.2) is 0 Å². The molecule has 2 aliphatic carbocycles. The van der Waals surface area contributed by atoms with Crippen LogP contribution in [0.3, 0.4) is 0 Å². The van der Waals surface area contributed by atoms with E-state index in [0.29, 0.717) is 19.1 Å². The zero-order chi connectivity index (χ0) is 36.5. The fourth-order valence-corrected chi connectivity index (χ4v) is 6.57. The van der Waals surface area contributed by atoms with Gasteiger partial charge in [0.2, 0.25) is 11.8 Å². The monoisotopic (exact) mass is 702 g/mol.